The Balaban J connectivity index is 1.65. The van der Waals surface area contributed by atoms with E-state index in [1.54, 1.807) is 60.7 Å². The number of hydrogen-bond donors (Lipinski definition) is 2. The smallest absolute Gasteiger partial charge is 0.271 e. The van der Waals surface area contributed by atoms with E-state index >= 15 is 0 Å². The first-order valence-electron chi connectivity index (χ1n) is 11.7. The first kappa shape index (κ1) is 29.8. The minimum atomic E-state index is -0.425. The Morgan fingerprint density at radius 1 is 1.03 bits per heavy atom. The summed E-state index contributed by atoms with van der Waals surface area (Å²) in [5.41, 5.74) is 4.11. The van der Waals surface area contributed by atoms with Crippen LogP contribution in [0.4, 0.5) is 5.69 Å². The van der Waals surface area contributed by atoms with Crippen LogP contribution in [0, 0.1) is 3.57 Å². The highest BCUT2D eigenvalue weighted by Crippen LogP contribution is 2.34. The lowest BCUT2D eigenvalue weighted by molar-refractivity contribution is -0.118. The Labute approximate surface area is 245 Å². The van der Waals surface area contributed by atoms with Crippen molar-refractivity contribution in [3.05, 3.63) is 87.0 Å². The molecule has 0 fully saturated rings. The van der Waals surface area contributed by atoms with Gasteiger partial charge in [0.1, 0.15) is 6.61 Å². The van der Waals surface area contributed by atoms with Crippen LogP contribution in [0.2, 0.25) is 5.02 Å². The summed E-state index contributed by atoms with van der Waals surface area (Å²) >= 11 is 7.97. The number of carbonyl (C=O) groups excluding carboxylic acids is 2. The van der Waals surface area contributed by atoms with Crippen molar-refractivity contribution in [2.24, 2.45) is 5.10 Å². The average molecular weight is 664 g/mol. The summed E-state index contributed by atoms with van der Waals surface area (Å²) in [5.74, 6) is 1.03. The Morgan fingerprint density at radius 2 is 1.79 bits per heavy atom. The third-order valence-corrected chi connectivity index (χ3v) is 6.02. The van der Waals surface area contributed by atoms with E-state index in [0.29, 0.717) is 61.6 Å². The molecule has 0 aliphatic rings. The topological polar surface area (TPSA) is 107 Å². The Kier molecular flexibility index (Phi) is 11.4. The molecule has 0 spiro atoms. The Morgan fingerprint density at radius 3 is 2.49 bits per heavy atom. The molecule has 0 aromatic heterocycles. The van der Waals surface area contributed by atoms with Crippen LogP contribution in [0.25, 0.3) is 0 Å². The van der Waals surface area contributed by atoms with Gasteiger partial charge in [0.2, 0.25) is 0 Å². The van der Waals surface area contributed by atoms with Crippen LogP contribution in [-0.2, 0) is 4.79 Å². The maximum atomic E-state index is 12.6. The van der Waals surface area contributed by atoms with Gasteiger partial charge in [-0.05, 0) is 89.7 Å². The molecule has 0 aliphatic heterocycles. The third-order valence-electron chi connectivity index (χ3n) is 4.97. The molecule has 0 unspecified atom stereocenters. The van der Waals surface area contributed by atoms with E-state index in [4.69, 9.17) is 30.5 Å². The number of nitrogens with one attached hydrogen (secondary N) is 2. The van der Waals surface area contributed by atoms with E-state index in [1.807, 2.05) is 6.92 Å². The van der Waals surface area contributed by atoms with Crippen molar-refractivity contribution in [2.75, 3.05) is 32.2 Å². The summed E-state index contributed by atoms with van der Waals surface area (Å²) in [7, 11) is 1.49. The minimum absolute atomic E-state index is 0.219. The van der Waals surface area contributed by atoms with Gasteiger partial charge in [0.05, 0.1) is 23.5 Å². The fraction of sp³-hybridized carbons (Fsp3) is 0.179. The second-order valence-electron chi connectivity index (χ2n) is 7.77. The molecule has 2 amide bonds. The van der Waals surface area contributed by atoms with E-state index < -0.39 is 5.91 Å². The Hall–Kier alpha value is -3.77. The summed E-state index contributed by atoms with van der Waals surface area (Å²) in [6.07, 6.45) is 3.10. The fourth-order valence-electron chi connectivity index (χ4n) is 3.24. The van der Waals surface area contributed by atoms with Crippen LogP contribution in [0.5, 0.6) is 23.0 Å². The molecule has 0 radical (unpaired) electrons. The molecule has 3 aromatic carbocycles. The number of hydrazone groups is 1. The van der Waals surface area contributed by atoms with Gasteiger partial charge in [-0.3, -0.25) is 9.59 Å². The van der Waals surface area contributed by atoms with Crippen LogP contribution in [-0.4, -0.2) is 45.0 Å². The second kappa shape index (κ2) is 15.0. The maximum Gasteiger partial charge on any atom is 0.271 e. The number of carbonyl (C=O) groups is 2. The van der Waals surface area contributed by atoms with Gasteiger partial charge in [-0.15, -0.1) is 0 Å². The first-order valence-corrected chi connectivity index (χ1v) is 13.2. The zero-order chi connectivity index (χ0) is 28.2. The number of hydrogen-bond acceptors (Lipinski definition) is 7. The van der Waals surface area contributed by atoms with E-state index in [-0.39, 0.29) is 12.5 Å². The molecule has 204 valence electrons. The minimum Gasteiger partial charge on any atom is -0.493 e. The SMILES string of the molecule is C=CCOc1ccc(C(=O)N/N=C/c2cc(I)c(OCC(=O)Nc3ccc(Cl)cc3)c(OCC)c2)cc1OC. The number of ether oxygens (including phenoxy) is 4. The van der Waals surface area contributed by atoms with E-state index in [0.717, 1.165) is 0 Å². The Bertz CT molecular complexity index is 1350. The van der Waals surface area contributed by atoms with Crippen molar-refractivity contribution in [3.8, 4) is 23.0 Å². The van der Waals surface area contributed by atoms with Gasteiger partial charge in [0, 0.05) is 16.3 Å². The molecule has 2 N–H and O–H groups in total. The van der Waals surface area contributed by atoms with Gasteiger partial charge < -0.3 is 24.3 Å². The molecule has 3 aromatic rings. The van der Waals surface area contributed by atoms with Crippen LogP contribution >= 0.6 is 34.2 Å². The predicted octanol–water partition coefficient (Wildman–Crippen LogP) is 5.70. The normalized spacial score (nSPS) is 10.6. The molecule has 0 saturated carbocycles. The van der Waals surface area contributed by atoms with Crippen LogP contribution < -0.4 is 29.7 Å². The van der Waals surface area contributed by atoms with Gasteiger partial charge in [-0.2, -0.15) is 5.10 Å². The lowest BCUT2D eigenvalue weighted by atomic mass is 10.2. The quantitative estimate of drug-likeness (QED) is 0.105. The summed E-state index contributed by atoms with van der Waals surface area (Å²) < 4.78 is 23.0. The molecule has 0 saturated heterocycles. The molecular formula is C28H27ClIN3O6. The third kappa shape index (κ3) is 8.89. The van der Waals surface area contributed by atoms with Crippen molar-refractivity contribution < 1.29 is 28.5 Å². The van der Waals surface area contributed by atoms with E-state index in [9.17, 15) is 9.59 Å². The molecule has 0 heterocycles. The maximum absolute atomic E-state index is 12.6. The lowest BCUT2D eigenvalue weighted by Gasteiger charge is -2.14. The number of methoxy groups -OCH3 is 1. The number of halogens is 2. The second-order valence-corrected chi connectivity index (χ2v) is 9.37. The average Bonchev–Trinajstić information content (AvgIpc) is 2.92. The van der Waals surface area contributed by atoms with Crippen molar-refractivity contribution in [2.45, 2.75) is 6.92 Å². The number of anilines is 1. The molecule has 0 atom stereocenters. The van der Waals surface area contributed by atoms with Crippen molar-refractivity contribution in [1.82, 2.24) is 5.43 Å². The zero-order valence-corrected chi connectivity index (χ0v) is 24.2. The molecule has 0 aliphatic carbocycles. The summed E-state index contributed by atoms with van der Waals surface area (Å²) in [6, 6.07) is 15.1. The summed E-state index contributed by atoms with van der Waals surface area (Å²) in [4.78, 5) is 24.9. The van der Waals surface area contributed by atoms with Gasteiger partial charge in [-0.1, -0.05) is 24.3 Å². The lowest BCUT2D eigenvalue weighted by Crippen LogP contribution is -2.20. The van der Waals surface area contributed by atoms with Gasteiger partial charge in [0.15, 0.2) is 29.6 Å². The van der Waals surface area contributed by atoms with Crippen LogP contribution in [0.3, 0.4) is 0 Å². The van der Waals surface area contributed by atoms with Crippen molar-refractivity contribution in [1.29, 1.82) is 0 Å². The standard InChI is InChI=1S/C28H27ClIN3O6/c1-4-12-38-23-11-6-19(15-24(23)36-3)28(35)33-31-16-18-13-22(30)27(25(14-18)37-5-2)39-17-26(34)32-21-9-7-20(29)8-10-21/h4,6-11,13-16H,1,5,12,17H2,2-3H3,(H,32,34)(H,33,35)/b31-16+. The number of amides is 2. The highest BCUT2D eigenvalue weighted by molar-refractivity contribution is 14.1. The van der Waals surface area contributed by atoms with Gasteiger partial charge >= 0.3 is 0 Å². The highest BCUT2D eigenvalue weighted by Gasteiger charge is 2.15. The number of nitrogens with zero attached hydrogens (tertiary/aromatic N) is 1. The van der Waals surface area contributed by atoms with Crippen LogP contribution in [0.15, 0.2) is 72.4 Å². The van der Waals surface area contributed by atoms with Crippen molar-refractivity contribution >= 4 is 57.9 Å². The largest absolute Gasteiger partial charge is 0.493 e. The monoisotopic (exact) mass is 663 g/mol. The van der Waals surface area contributed by atoms with Gasteiger partial charge in [-0.25, -0.2) is 5.43 Å². The summed E-state index contributed by atoms with van der Waals surface area (Å²) in [6.45, 7) is 5.93. The molecule has 11 heteroatoms. The number of rotatable bonds is 13. The van der Waals surface area contributed by atoms with Crippen molar-refractivity contribution in [3.63, 3.8) is 0 Å². The molecule has 3 rings (SSSR count). The van der Waals surface area contributed by atoms with Crippen LogP contribution in [0.1, 0.15) is 22.8 Å². The highest BCUT2D eigenvalue weighted by atomic mass is 127. The van der Waals surface area contributed by atoms with Gasteiger partial charge in [0.25, 0.3) is 11.8 Å². The molecule has 39 heavy (non-hydrogen) atoms. The van der Waals surface area contributed by atoms with E-state index in [1.165, 1.54) is 13.3 Å². The number of benzene rings is 3. The molecule has 9 nitrogen and oxygen atoms in total. The predicted molar refractivity (Wildman–Crippen MR) is 160 cm³/mol. The summed E-state index contributed by atoms with van der Waals surface area (Å²) in [5, 5.41) is 7.38. The molecule has 0 bridgehead atoms. The zero-order valence-electron chi connectivity index (χ0n) is 21.3. The van der Waals surface area contributed by atoms with E-state index in [2.05, 4.69) is 45.0 Å². The molecular weight excluding hydrogens is 637 g/mol. The first-order chi connectivity index (χ1) is 18.8. The fourth-order valence-corrected chi connectivity index (χ4v) is 4.15.